The van der Waals surface area contributed by atoms with Crippen LogP contribution in [0.15, 0.2) is 47.8 Å². The zero-order valence-corrected chi connectivity index (χ0v) is 15.0. The molecule has 0 bridgehead atoms. The Kier molecular flexibility index (Phi) is 6.19. The van der Waals surface area contributed by atoms with Crippen molar-refractivity contribution >= 4 is 28.8 Å². The summed E-state index contributed by atoms with van der Waals surface area (Å²) in [5.74, 6) is 0.169. The minimum Gasteiger partial charge on any atom is -0.341 e. The third-order valence-corrected chi connectivity index (χ3v) is 5.15. The van der Waals surface area contributed by atoms with Crippen LogP contribution in [-0.4, -0.2) is 54.3 Å². The molecule has 0 saturated carbocycles. The number of thiophene rings is 1. The van der Waals surface area contributed by atoms with Crippen molar-refractivity contribution in [2.45, 2.75) is 12.8 Å². The molecule has 2 amide bonds. The summed E-state index contributed by atoms with van der Waals surface area (Å²) >= 11 is 1.62. The highest BCUT2D eigenvalue weighted by Gasteiger charge is 2.20. The zero-order chi connectivity index (χ0) is 17.5. The summed E-state index contributed by atoms with van der Waals surface area (Å²) in [7, 11) is 0. The molecule has 1 aromatic heterocycles. The maximum absolute atomic E-state index is 12.4. The maximum atomic E-state index is 12.4. The van der Waals surface area contributed by atoms with Gasteiger partial charge in [0.1, 0.15) is 0 Å². The van der Waals surface area contributed by atoms with Gasteiger partial charge in [0.2, 0.25) is 11.8 Å². The van der Waals surface area contributed by atoms with Crippen LogP contribution in [0.5, 0.6) is 0 Å². The molecule has 2 heterocycles. The standard InChI is InChI=1S/C19H23N3O2S/c23-18(20-16-6-2-1-3-7-16)15-21-9-5-10-22(12-11-21)19(24)14-17-8-4-13-25-17/h1-4,6-8,13H,5,9-12,14-15H2,(H,20,23). The molecule has 1 aromatic carbocycles. The van der Waals surface area contributed by atoms with E-state index in [2.05, 4.69) is 10.2 Å². The highest BCUT2D eigenvalue weighted by Crippen LogP contribution is 2.12. The Morgan fingerprint density at radius 2 is 1.84 bits per heavy atom. The first-order valence-corrected chi connectivity index (χ1v) is 9.46. The number of hydrogen-bond acceptors (Lipinski definition) is 4. The van der Waals surface area contributed by atoms with E-state index in [-0.39, 0.29) is 11.8 Å². The Morgan fingerprint density at radius 1 is 1.00 bits per heavy atom. The molecule has 0 spiro atoms. The minimum atomic E-state index is -0.00966. The number of carbonyl (C=O) groups is 2. The van der Waals surface area contributed by atoms with Gasteiger partial charge < -0.3 is 10.2 Å². The van der Waals surface area contributed by atoms with E-state index in [0.29, 0.717) is 19.5 Å². The van der Waals surface area contributed by atoms with Crippen molar-refractivity contribution in [2.75, 3.05) is 38.0 Å². The molecule has 1 N–H and O–H groups in total. The van der Waals surface area contributed by atoms with Gasteiger partial charge in [0.25, 0.3) is 0 Å². The fraction of sp³-hybridized carbons (Fsp3) is 0.368. The number of nitrogens with zero attached hydrogens (tertiary/aromatic N) is 2. The minimum absolute atomic E-state index is 0.00966. The molecule has 6 heteroatoms. The molecular formula is C19H23N3O2S. The second-order valence-corrected chi connectivity index (χ2v) is 7.21. The maximum Gasteiger partial charge on any atom is 0.238 e. The topological polar surface area (TPSA) is 52.7 Å². The molecule has 0 unspecified atom stereocenters. The molecule has 0 atom stereocenters. The fourth-order valence-electron chi connectivity index (χ4n) is 2.98. The molecule has 25 heavy (non-hydrogen) atoms. The number of nitrogens with one attached hydrogen (secondary N) is 1. The summed E-state index contributed by atoms with van der Waals surface area (Å²) in [6, 6.07) is 13.5. The first kappa shape index (κ1) is 17.6. The predicted octanol–water partition coefficient (Wildman–Crippen LogP) is 2.46. The normalized spacial score (nSPS) is 15.6. The summed E-state index contributed by atoms with van der Waals surface area (Å²) in [4.78, 5) is 29.8. The number of amides is 2. The lowest BCUT2D eigenvalue weighted by Crippen LogP contribution is -2.38. The summed E-state index contributed by atoms with van der Waals surface area (Å²) < 4.78 is 0. The third kappa shape index (κ3) is 5.41. The van der Waals surface area contributed by atoms with Gasteiger partial charge >= 0.3 is 0 Å². The molecule has 3 rings (SSSR count). The van der Waals surface area contributed by atoms with Gasteiger partial charge in [-0.25, -0.2) is 0 Å². The van der Waals surface area contributed by atoms with Crippen molar-refractivity contribution < 1.29 is 9.59 Å². The van der Waals surface area contributed by atoms with E-state index < -0.39 is 0 Å². The fourth-order valence-corrected chi connectivity index (χ4v) is 3.67. The van der Waals surface area contributed by atoms with E-state index in [1.165, 1.54) is 0 Å². The van der Waals surface area contributed by atoms with Crippen molar-refractivity contribution in [2.24, 2.45) is 0 Å². The summed E-state index contributed by atoms with van der Waals surface area (Å²) in [5, 5.41) is 4.91. The molecule has 132 valence electrons. The quantitative estimate of drug-likeness (QED) is 0.894. The molecule has 1 aliphatic heterocycles. The van der Waals surface area contributed by atoms with Gasteiger partial charge in [-0.2, -0.15) is 0 Å². The van der Waals surface area contributed by atoms with Gasteiger partial charge in [-0.15, -0.1) is 11.3 Å². The van der Waals surface area contributed by atoms with Crippen molar-refractivity contribution in [1.82, 2.24) is 9.80 Å². The van der Waals surface area contributed by atoms with E-state index in [0.717, 1.165) is 36.6 Å². The zero-order valence-electron chi connectivity index (χ0n) is 14.2. The molecule has 0 aliphatic carbocycles. The van der Waals surface area contributed by atoms with E-state index >= 15 is 0 Å². The summed E-state index contributed by atoms with van der Waals surface area (Å²) in [6.07, 6.45) is 1.38. The smallest absolute Gasteiger partial charge is 0.238 e. The van der Waals surface area contributed by atoms with Gasteiger partial charge in [-0.05, 0) is 30.0 Å². The number of hydrogen-bond donors (Lipinski definition) is 1. The molecule has 2 aromatic rings. The molecule has 5 nitrogen and oxygen atoms in total. The molecule has 1 aliphatic rings. The van der Waals surface area contributed by atoms with Crippen molar-refractivity contribution in [3.8, 4) is 0 Å². The third-order valence-electron chi connectivity index (χ3n) is 4.27. The van der Waals surface area contributed by atoms with Crippen LogP contribution in [-0.2, 0) is 16.0 Å². The average molecular weight is 357 g/mol. The van der Waals surface area contributed by atoms with E-state index in [9.17, 15) is 9.59 Å². The SMILES string of the molecule is O=C(CN1CCCN(C(=O)Cc2cccs2)CC1)Nc1ccccc1. The van der Waals surface area contributed by atoms with Crippen LogP contribution in [0.25, 0.3) is 0 Å². The Morgan fingerprint density at radius 3 is 2.60 bits per heavy atom. The summed E-state index contributed by atoms with van der Waals surface area (Å²) in [6.45, 7) is 3.38. The van der Waals surface area contributed by atoms with E-state index in [1.54, 1.807) is 11.3 Å². The van der Waals surface area contributed by atoms with E-state index in [1.807, 2.05) is 52.7 Å². The second kappa shape index (κ2) is 8.78. The second-order valence-electron chi connectivity index (χ2n) is 6.18. The van der Waals surface area contributed by atoms with Gasteiger partial charge in [0.15, 0.2) is 0 Å². The number of benzene rings is 1. The van der Waals surface area contributed by atoms with Crippen LogP contribution in [0.4, 0.5) is 5.69 Å². The number of para-hydroxylation sites is 1. The van der Waals surface area contributed by atoms with Crippen LogP contribution in [0.1, 0.15) is 11.3 Å². The molecule has 0 radical (unpaired) electrons. The van der Waals surface area contributed by atoms with Crippen molar-refractivity contribution in [1.29, 1.82) is 0 Å². The van der Waals surface area contributed by atoms with Gasteiger partial charge in [0.05, 0.1) is 13.0 Å². The van der Waals surface area contributed by atoms with Crippen LogP contribution < -0.4 is 5.32 Å². The molecular weight excluding hydrogens is 334 g/mol. The Hall–Kier alpha value is -2.18. The van der Waals surface area contributed by atoms with Gasteiger partial charge in [0, 0.05) is 36.7 Å². The van der Waals surface area contributed by atoms with Crippen molar-refractivity contribution in [3.63, 3.8) is 0 Å². The predicted molar refractivity (Wildman–Crippen MR) is 101 cm³/mol. The number of carbonyl (C=O) groups excluding carboxylic acids is 2. The Bertz CT molecular complexity index is 688. The highest BCUT2D eigenvalue weighted by molar-refractivity contribution is 7.10. The van der Waals surface area contributed by atoms with Gasteiger partial charge in [-0.3, -0.25) is 14.5 Å². The van der Waals surface area contributed by atoms with Crippen LogP contribution >= 0.6 is 11.3 Å². The molecule has 1 fully saturated rings. The first-order valence-electron chi connectivity index (χ1n) is 8.58. The average Bonchev–Trinajstić information content (AvgIpc) is 3.00. The largest absolute Gasteiger partial charge is 0.341 e. The first-order chi connectivity index (χ1) is 12.2. The highest BCUT2D eigenvalue weighted by atomic mass is 32.1. The van der Waals surface area contributed by atoms with Gasteiger partial charge in [-0.1, -0.05) is 24.3 Å². The monoisotopic (exact) mass is 357 g/mol. The Balaban J connectivity index is 1.46. The lowest BCUT2D eigenvalue weighted by atomic mass is 10.3. The van der Waals surface area contributed by atoms with Crippen molar-refractivity contribution in [3.05, 3.63) is 52.7 Å². The van der Waals surface area contributed by atoms with Crippen LogP contribution in [0.2, 0.25) is 0 Å². The van der Waals surface area contributed by atoms with E-state index in [4.69, 9.17) is 0 Å². The lowest BCUT2D eigenvalue weighted by Gasteiger charge is -2.21. The Labute approximate surface area is 152 Å². The number of anilines is 1. The lowest BCUT2D eigenvalue weighted by molar-refractivity contribution is -0.130. The van der Waals surface area contributed by atoms with Crippen LogP contribution in [0.3, 0.4) is 0 Å². The number of rotatable bonds is 5. The molecule has 1 saturated heterocycles. The van der Waals surface area contributed by atoms with Crippen LogP contribution in [0, 0.1) is 0 Å². The summed E-state index contributed by atoms with van der Waals surface area (Å²) in [5.41, 5.74) is 0.815.